The van der Waals surface area contributed by atoms with E-state index in [0.29, 0.717) is 13.2 Å². The van der Waals surface area contributed by atoms with Crippen LogP contribution in [0.3, 0.4) is 0 Å². The molecule has 4 nitrogen and oxygen atoms in total. The molecule has 0 aliphatic carbocycles. The Balaban J connectivity index is 2.18. The maximum Gasteiger partial charge on any atom is 0.311 e. The smallest absolute Gasteiger partial charge is 0.311 e. The minimum Gasteiger partial charge on any atom is -0.466 e. The molecule has 1 aliphatic heterocycles. The molecule has 0 N–H and O–H groups in total. The maximum atomic E-state index is 12.0. The molecule has 0 spiro atoms. The Bertz CT molecular complexity index is 490. The van der Waals surface area contributed by atoms with Crippen LogP contribution < -0.4 is 4.90 Å². The van der Waals surface area contributed by atoms with Crippen molar-refractivity contribution >= 4 is 17.6 Å². The average molecular weight is 261 g/mol. The van der Waals surface area contributed by atoms with Crippen LogP contribution in [0.1, 0.15) is 24.5 Å². The van der Waals surface area contributed by atoms with Crippen molar-refractivity contribution in [3.63, 3.8) is 0 Å². The third-order valence-corrected chi connectivity index (χ3v) is 3.26. The predicted octanol–water partition coefficient (Wildman–Crippen LogP) is 2.22. The van der Waals surface area contributed by atoms with Crippen LogP contribution in [0.4, 0.5) is 5.69 Å². The zero-order chi connectivity index (χ0) is 14.0. The second-order valence-electron chi connectivity index (χ2n) is 5.00. The van der Waals surface area contributed by atoms with Crippen molar-refractivity contribution in [1.29, 1.82) is 0 Å². The fourth-order valence-corrected chi connectivity index (χ4v) is 2.48. The van der Waals surface area contributed by atoms with Crippen molar-refractivity contribution in [3.8, 4) is 0 Å². The number of carbonyl (C=O) groups excluding carboxylic acids is 2. The summed E-state index contributed by atoms with van der Waals surface area (Å²) < 4.78 is 4.99. The number of carbonyl (C=O) groups is 2. The molecule has 0 radical (unpaired) electrons. The Kier molecular flexibility index (Phi) is 3.88. The molecule has 0 aromatic heterocycles. The van der Waals surface area contributed by atoms with E-state index in [4.69, 9.17) is 4.74 Å². The predicted molar refractivity (Wildman–Crippen MR) is 73.0 cm³/mol. The van der Waals surface area contributed by atoms with Gasteiger partial charge in [-0.15, -0.1) is 0 Å². The summed E-state index contributed by atoms with van der Waals surface area (Å²) in [5, 5.41) is 0. The molecule has 1 aliphatic rings. The number of rotatable bonds is 3. The van der Waals surface area contributed by atoms with E-state index in [1.54, 1.807) is 11.8 Å². The summed E-state index contributed by atoms with van der Waals surface area (Å²) in [5.74, 6) is -0.626. The molecule has 1 atom stereocenters. The van der Waals surface area contributed by atoms with Crippen LogP contribution >= 0.6 is 0 Å². The fourth-order valence-electron chi connectivity index (χ4n) is 2.48. The van der Waals surface area contributed by atoms with Crippen molar-refractivity contribution in [2.75, 3.05) is 18.1 Å². The molecule has 0 unspecified atom stereocenters. The lowest BCUT2D eigenvalue weighted by molar-refractivity contribution is -0.147. The number of amides is 1. The second kappa shape index (κ2) is 5.43. The minimum absolute atomic E-state index is 0.0111. The molecule has 102 valence electrons. The summed E-state index contributed by atoms with van der Waals surface area (Å²) in [6, 6.07) is 6.00. The van der Waals surface area contributed by atoms with Crippen LogP contribution in [0, 0.1) is 19.8 Å². The standard InChI is InChI=1S/C15H19NO3/c1-4-19-15(18)12-8-14(17)16(9-12)13-6-10(2)5-11(3)7-13/h5-7,12H,4,8-9H2,1-3H3/t12-/m1/s1. The molecule has 1 fully saturated rings. The first-order valence-electron chi connectivity index (χ1n) is 6.56. The highest BCUT2D eigenvalue weighted by Gasteiger charge is 2.36. The van der Waals surface area contributed by atoms with Crippen LogP contribution in [0.2, 0.25) is 0 Å². The molecule has 1 heterocycles. The van der Waals surface area contributed by atoms with Crippen molar-refractivity contribution in [2.45, 2.75) is 27.2 Å². The highest BCUT2D eigenvalue weighted by atomic mass is 16.5. The van der Waals surface area contributed by atoms with Crippen molar-refractivity contribution in [3.05, 3.63) is 29.3 Å². The zero-order valence-corrected chi connectivity index (χ0v) is 11.6. The summed E-state index contributed by atoms with van der Waals surface area (Å²) in [4.78, 5) is 25.4. The lowest BCUT2D eigenvalue weighted by Crippen LogP contribution is -2.26. The SMILES string of the molecule is CCOC(=O)[C@@H]1CC(=O)N(c2cc(C)cc(C)c2)C1. The molecule has 0 saturated carbocycles. The van der Waals surface area contributed by atoms with E-state index in [1.807, 2.05) is 26.0 Å². The van der Waals surface area contributed by atoms with Gasteiger partial charge in [0.1, 0.15) is 0 Å². The number of benzene rings is 1. The van der Waals surface area contributed by atoms with Crippen LogP contribution in [0.25, 0.3) is 0 Å². The molecular weight excluding hydrogens is 242 g/mol. The van der Waals surface area contributed by atoms with Gasteiger partial charge in [0.25, 0.3) is 0 Å². The average Bonchev–Trinajstić information content (AvgIpc) is 2.70. The first-order valence-corrected chi connectivity index (χ1v) is 6.56. The van der Waals surface area contributed by atoms with E-state index < -0.39 is 0 Å². The van der Waals surface area contributed by atoms with Gasteiger partial charge in [-0.3, -0.25) is 9.59 Å². The molecule has 1 amide bonds. The van der Waals surface area contributed by atoms with E-state index in [2.05, 4.69) is 6.07 Å². The number of esters is 1. The van der Waals surface area contributed by atoms with Gasteiger partial charge in [-0.25, -0.2) is 0 Å². The van der Waals surface area contributed by atoms with Crippen LogP contribution in [-0.4, -0.2) is 25.0 Å². The van der Waals surface area contributed by atoms with E-state index in [1.165, 1.54) is 0 Å². The maximum absolute atomic E-state index is 12.0. The van der Waals surface area contributed by atoms with Crippen molar-refractivity contribution in [1.82, 2.24) is 0 Å². The van der Waals surface area contributed by atoms with Crippen molar-refractivity contribution < 1.29 is 14.3 Å². The van der Waals surface area contributed by atoms with Crippen LogP contribution in [0.5, 0.6) is 0 Å². The van der Waals surface area contributed by atoms with Gasteiger partial charge in [-0.2, -0.15) is 0 Å². The number of hydrogen-bond acceptors (Lipinski definition) is 3. The highest BCUT2D eigenvalue weighted by molar-refractivity contribution is 5.99. The van der Waals surface area contributed by atoms with E-state index in [0.717, 1.165) is 16.8 Å². The van der Waals surface area contributed by atoms with E-state index in [9.17, 15) is 9.59 Å². The van der Waals surface area contributed by atoms with Gasteiger partial charge in [0.15, 0.2) is 0 Å². The Hall–Kier alpha value is -1.84. The Morgan fingerprint density at radius 3 is 2.53 bits per heavy atom. The van der Waals surface area contributed by atoms with Gasteiger partial charge in [0.05, 0.1) is 12.5 Å². The number of aryl methyl sites for hydroxylation is 2. The van der Waals surface area contributed by atoms with Gasteiger partial charge in [0.2, 0.25) is 5.91 Å². The Morgan fingerprint density at radius 1 is 1.32 bits per heavy atom. The normalized spacial score (nSPS) is 18.8. The number of hydrogen-bond donors (Lipinski definition) is 0. The molecule has 2 rings (SSSR count). The highest BCUT2D eigenvalue weighted by Crippen LogP contribution is 2.27. The molecule has 1 saturated heterocycles. The molecule has 1 aromatic carbocycles. The fraction of sp³-hybridized carbons (Fsp3) is 0.467. The molecule has 19 heavy (non-hydrogen) atoms. The summed E-state index contributed by atoms with van der Waals surface area (Å²) in [6.45, 7) is 6.55. The van der Waals surface area contributed by atoms with Gasteiger partial charge < -0.3 is 9.64 Å². The van der Waals surface area contributed by atoms with Crippen LogP contribution in [0.15, 0.2) is 18.2 Å². The quantitative estimate of drug-likeness (QED) is 0.784. The van der Waals surface area contributed by atoms with Gasteiger partial charge in [0, 0.05) is 18.7 Å². The zero-order valence-electron chi connectivity index (χ0n) is 11.6. The monoisotopic (exact) mass is 261 g/mol. The van der Waals surface area contributed by atoms with Gasteiger partial charge in [-0.05, 0) is 44.0 Å². The van der Waals surface area contributed by atoms with Crippen molar-refractivity contribution in [2.24, 2.45) is 5.92 Å². The summed E-state index contributed by atoms with van der Waals surface area (Å²) in [7, 11) is 0. The summed E-state index contributed by atoms with van der Waals surface area (Å²) in [6.07, 6.45) is 0.242. The third kappa shape index (κ3) is 2.95. The Morgan fingerprint density at radius 2 is 1.95 bits per heavy atom. The minimum atomic E-state index is -0.340. The number of anilines is 1. The molecular formula is C15H19NO3. The first kappa shape index (κ1) is 13.6. The van der Waals surface area contributed by atoms with Gasteiger partial charge >= 0.3 is 5.97 Å². The summed E-state index contributed by atoms with van der Waals surface area (Å²) >= 11 is 0. The van der Waals surface area contributed by atoms with Crippen LogP contribution in [-0.2, 0) is 14.3 Å². The topological polar surface area (TPSA) is 46.6 Å². The largest absolute Gasteiger partial charge is 0.466 e. The lowest BCUT2D eigenvalue weighted by Gasteiger charge is -2.17. The van der Waals surface area contributed by atoms with E-state index >= 15 is 0 Å². The van der Waals surface area contributed by atoms with E-state index in [-0.39, 0.29) is 24.2 Å². The molecule has 1 aromatic rings. The Labute approximate surface area is 113 Å². The summed E-state index contributed by atoms with van der Waals surface area (Å²) in [5.41, 5.74) is 3.10. The number of nitrogens with zero attached hydrogens (tertiary/aromatic N) is 1. The lowest BCUT2D eigenvalue weighted by atomic mass is 10.1. The molecule has 4 heteroatoms. The first-order chi connectivity index (χ1) is 9.01. The van der Waals surface area contributed by atoms with Gasteiger partial charge in [-0.1, -0.05) is 6.07 Å². The molecule has 0 bridgehead atoms. The number of ether oxygens (including phenoxy) is 1. The second-order valence-corrected chi connectivity index (χ2v) is 5.00. The third-order valence-electron chi connectivity index (χ3n) is 3.26.